The Morgan fingerprint density at radius 3 is 2.76 bits per heavy atom. The van der Waals surface area contributed by atoms with Gasteiger partial charge in [0.1, 0.15) is 5.82 Å². The third kappa shape index (κ3) is 4.62. The smallest absolute Gasteiger partial charge is 0.142 e. The molecule has 0 aliphatic carbocycles. The minimum Gasteiger partial charge on any atom is -0.395 e. The number of nitrogens with zero attached hydrogens (tertiary/aromatic N) is 1. The maximum atomic E-state index is 13.3. The van der Waals surface area contributed by atoms with E-state index >= 15 is 0 Å². The molecule has 0 heterocycles. The molecule has 0 fully saturated rings. The van der Waals surface area contributed by atoms with Gasteiger partial charge in [-0.05, 0) is 24.6 Å². The second kappa shape index (κ2) is 7.64. The first kappa shape index (κ1) is 14.4. The van der Waals surface area contributed by atoms with E-state index < -0.39 is 0 Å². The van der Waals surface area contributed by atoms with Crippen LogP contribution >= 0.6 is 11.6 Å². The van der Waals surface area contributed by atoms with Crippen molar-refractivity contribution < 1.29 is 9.50 Å². The van der Waals surface area contributed by atoms with Gasteiger partial charge in [0.05, 0.1) is 11.6 Å². The van der Waals surface area contributed by atoms with E-state index in [-0.39, 0.29) is 17.4 Å². The van der Waals surface area contributed by atoms with Crippen molar-refractivity contribution >= 4 is 11.6 Å². The number of benzene rings is 1. The molecule has 0 saturated heterocycles. The fourth-order valence-electron chi connectivity index (χ4n) is 1.70. The monoisotopic (exact) mass is 259 g/mol. The van der Waals surface area contributed by atoms with Crippen LogP contribution in [0.1, 0.15) is 25.3 Å². The maximum absolute atomic E-state index is 13.3. The van der Waals surface area contributed by atoms with Gasteiger partial charge in [-0.3, -0.25) is 4.90 Å². The van der Waals surface area contributed by atoms with Gasteiger partial charge >= 0.3 is 0 Å². The number of hydrogen-bond donors (Lipinski definition) is 1. The molecule has 0 aliphatic heterocycles. The minimum atomic E-state index is -0.386. The Kier molecular flexibility index (Phi) is 6.48. The summed E-state index contributed by atoms with van der Waals surface area (Å²) in [7, 11) is 0. The molecule has 1 aromatic rings. The van der Waals surface area contributed by atoms with Crippen molar-refractivity contribution in [1.82, 2.24) is 4.90 Å². The molecule has 0 aliphatic rings. The molecule has 0 unspecified atom stereocenters. The van der Waals surface area contributed by atoms with Crippen LogP contribution in [0.2, 0.25) is 5.02 Å². The van der Waals surface area contributed by atoms with Gasteiger partial charge in [-0.1, -0.05) is 37.1 Å². The van der Waals surface area contributed by atoms with Crippen molar-refractivity contribution in [3.8, 4) is 0 Å². The van der Waals surface area contributed by atoms with Crippen LogP contribution < -0.4 is 0 Å². The minimum absolute atomic E-state index is 0.108. The summed E-state index contributed by atoms with van der Waals surface area (Å²) >= 11 is 5.91. The van der Waals surface area contributed by atoms with E-state index in [9.17, 15) is 4.39 Å². The third-order valence-electron chi connectivity index (χ3n) is 2.67. The van der Waals surface area contributed by atoms with Crippen LogP contribution in [0.3, 0.4) is 0 Å². The van der Waals surface area contributed by atoms with Crippen LogP contribution in [0.5, 0.6) is 0 Å². The van der Waals surface area contributed by atoms with Crippen LogP contribution in [0.15, 0.2) is 18.2 Å². The summed E-state index contributed by atoms with van der Waals surface area (Å²) in [5, 5.41) is 9.18. The first-order chi connectivity index (χ1) is 8.19. The molecule has 0 spiro atoms. The number of aliphatic hydroxyl groups excluding tert-OH is 1. The van der Waals surface area contributed by atoms with Gasteiger partial charge in [0, 0.05) is 13.1 Å². The second-order valence-electron chi connectivity index (χ2n) is 4.07. The fraction of sp³-hybridized carbons (Fsp3) is 0.538. The van der Waals surface area contributed by atoms with Crippen LogP contribution in [-0.2, 0) is 6.54 Å². The Morgan fingerprint density at radius 2 is 2.12 bits per heavy atom. The lowest BCUT2D eigenvalue weighted by atomic mass is 10.2. The van der Waals surface area contributed by atoms with Crippen molar-refractivity contribution in [2.24, 2.45) is 0 Å². The summed E-state index contributed by atoms with van der Waals surface area (Å²) in [6.07, 6.45) is 2.16. The zero-order valence-electron chi connectivity index (χ0n) is 10.1. The SMILES string of the molecule is CCCCN(CCO)Cc1cccc(F)c1Cl. The Morgan fingerprint density at radius 1 is 1.35 bits per heavy atom. The lowest BCUT2D eigenvalue weighted by molar-refractivity contribution is 0.188. The Hall–Kier alpha value is -0.640. The van der Waals surface area contributed by atoms with E-state index in [2.05, 4.69) is 11.8 Å². The van der Waals surface area contributed by atoms with E-state index in [1.165, 1.54) is 6.07 Å². The van der Waals surface area contributed by atoms with Crippen molar-refractivity contribution in [3.05, 3.63) is 34.6 Å². The lowest BCUT2D eigenvalue weighted by Crippen LogP contribution is -2.27. The van der Waals surface area contributed by atoms with Gasteiger partial charge in [-0.15, -0.1) is 0 Å². The summed E-state index contributed by atoms with van der Waals surface area (Å²) in [6, 6.07) is 4.84. The molecule has 1 rings (SSSR count). The summed E-state index contributed by atoms with van der Waals surface area (Å²) in [5.74, 6) is -0.386. The molecule has 2 nitrogen and oxygen atoms in total. The highest BCUT2D eigenvalue weighted by Gasteiger charge is 2.10. The first-order valence-corrected chi connectivity index (χ1v) is 6.33. The predicted molar refractivity (Wildman–Crippen MR) is 68.7 cm³/mol. The maximum Gasteiger partial charge on any atom is 0.142 e. The molecule has 0 aromatic heterocycles. The van der Waals surface area contributed by atoms with E-state index in [1.54, 1.807) is 6.07 Å². The molecule has 0 amide bonds. The Bertz CT molecular complexity index is 346. The summed E-state index contributed by atoms with van der Waals surface area (Å²) in [4.78, 5) is 2.09. The molecule has 4 heteroatoms. The number of rotatable bonds is 7. The van der Waals surface area contributed by atoms with Crippen LogP contribution in [0.25, 0.3) is 0 Å². The van der Waals surface area contributed by atoms with E-state index in [0.717, 1.165) is 24.9 Å². The molecular weight excluding hydrogens is 241 g/mol. The normalized spacial score (nSPS) is 11.1. The topological polar surface area (TPSA) is 23.5 Å². The molecule has 96 valence electrons. The van der Waals surface area contributed by atoms with E-state index in [1.807, 2.05) is 6.07 Å². The first-order valence-electron chi connectivity index (χ1n) is 5.95. The number of unbranched alkanes of at least 4 members (excludes halogenated alkanes) is 1. The Labute approximate surface area is 107 Å². The lowest BCUT2D eigenvalue weighted by Gasteiger charge is -2.21. The highest BCUT2D eigenvalue weighted by molar-refractivity contribution is 6.31. The van der Waals surface area contributed by atoms with E-state index in [0.29, 0.717) is 13.1 Å². The highest BCUT2D eigenvalue weighted by Crippen LogP contribution is 2.21. The van der Waals surface area contributed by atoms with Crippen molar-refractivity contribution in [2.45, 2.75) is 26.3 Å². The van der Waals surface area contributed by atoms with Gasteiger partial charge in [-0.25, -0.2) is 4.39 Å². The summed E-state index contributed by atoms with van der Waals surface area (Å²) in [6.45, 7) is 4.29. The van der Waals surface area contributed by atoms with Gasteiger partial charge in [0.15, 0.2) is 0 Å². The Balaban J connectivity index is 2.67. The van der Waals surface area contributed by atoms with Gasteiger partial charge in [0.2, 0.25) is 0 Å². The molecule has 17 heavy (non-hydrogen) atoms. The molecule has 1 N–H and O–H groups in total. The fourth-order valence-corrected chi connectivity index (χ4v) is 1.89. The summed E-state index contributed by atoms with van der Waals surface area (Å²) < 4.78 is 13.3. The number of hydrogen-bond acceptors (Lipinski definition) is 2. The zero-order valence-corrected chi connectivity index (χ0v) is 10.9. The average Bonchev–Trinajstić information content (AvgIpc) is 2.32. The van der Waals surface area contributed by atoms with Crippen molar-refractivity contribution in [3.63, 3.8) is 0 Å². The quantitative estimate of drug-likeness (QED) is 0.814. The largest absolute Gasteiger partial charge is 0.395 e. The average molecular weight is 260 g/mol. The zero-order chi connectivity index (χ0) is 12.7. The molecule has 1 aromatic carbocycles. The molecule has 0 atom stereocenters. The predicted octanol–water partition coefficient (Wildman–Crippen LogP) is 3.07. The molecule has 0 bridgehead atoms. The van der Waals surface area contributed by atoms with E-state index in [4.69, 9.17) is 16.7 Å². The van der Waals surface area contributed by atoms with Crippen molar-refractivity contribution in [2.75, 3.05) is 19.7 Å². The van der Waals surface area contributed by atoms with Crippen molar-refractivity contribution in [1.29, 1.82) is 0 Å². The standard InChI is InChI=1S/C13H19ClFNO/c1-2-3-7-16(8-9-17)10-11-5-4-6-12(15)13(11)14/h4-6,17H,2-3,7-10H2,1H3. The van der Waals surface area contributed by atoms with Crippen LogP contribution in [0, 0.1) is 5.82 Å². The summed E-state index contributed by atoms with van der Waals surface area (Å²) in [5.41, 5.74) is 0.774. The van der Waals surface area contributed by atoms with Crippen LogP contribution in [0.4, 0.5) is 4.39 Å². The molecule has 0 saturated carbocycles. The van der Waals surface area contributed by atoms with Gasteiger partial charge in [0.25, 0.3) is 0 Å². The van der Waals surface area contributed by atoms with Gasteiger partial charge < -0.3 is 5.11 Å². The molecular formula is C13H19ClFNO. The highest BCUT2D eigenvalue weighted by atomic mass is 35.5. The second-order valence-corrected chi connectivity index (χ2v) is 4.44. The third-order valence-corrected chi connectivity index (χ3v) is 3.09. The number of aliphatic hydroxyl groups is 1. The van der Waals surface area contributed by atoms with Crippen LogP contribution in [-0.4, -0.2) is 29.7 Å². The van der Waals surface area contributed by atoms with Gasteiger partial charge in [-0.2, -0.15) is 0 Å². The molecule has 0 radical (unpaired) electrons. The number of halogens is 2.